The lowest BCUT2D eigenvalue weighted by Crippen LogP contribution is -2.21. The highest BCUT2D eigenvalue weighted by Crippen LogP contribution is 2.24. The van der Waals surface area contributed by atoms with Gasteiger partial charge in [-0.05, 0) is 49.0 Å². The van der Waals surface area contributed by atoms with E-state index in [0.29, 0.717) is 11.8 Å². The normalized spacial score (nSPS) is 12.5. The molecule has 114 valence electrons. The highest BCUT2D eigenvalue weighted by Gasteiger charge is 2.14. The van der Waals surface area contributed by atoms with Crippen LogP contribution in [0.15, 0.2) is 46.2 Å². The summed E-state index contributed by atoms with van der Waals surface area (Å²) in [5.41, 5.74) is 1.09. The van der Waals surface area contributed by atoms with Gasteiger partial charge < -0.3 is 9.73 Å². The number of halogens is 1. The Kier molecular flexibility index (Phi) is 4.60. The molecule has 0 radical (unpaired) electrons. The van der Waals surface area contributed by atoms with Crippen LogP contribution < -0.4 is 5.32 Å². The minimum atomic E-state index is -0.211. The van der Waals surface area contributed by atoms with E-state index >= 15 is 0 Å². The van der Waals surface area contributed by atoms with Gasteiger partial charge in [0.25, 0.3) is 5.89 Å². The zero-order valence-corrected chi connectivity index (χ0v) is 12.9. The fourth-order valence-electron chi connectivity index (χ4n) is 2.08. The Morgan fingerprint density at radius 1 is 1.23 bits per heavy atom. The maximum absolute atomic E-state index is 12.8. The van der Waals surface area contributed by atoms with Crippen LogP contribution in [0.4, 0.5) is 4.39 Å². The first-order chi connectivity index (χ1) is 10.7. The fraction of sp³-hybridized carbons (Fsp3) is 0.250. The lowest BCUT2D eigenvalue weighted by atomic mass is 10.1. The average Bonchev–Trinajstić information content (AvgIpc) is 3.20. The summed E-state index contributed by atoms with van der Waals surface area (Å²) in [4.78, 5) is 0.970. The quantitative estimate of drug-likeness (QED) is 0.750. The maximum atomic E-state index is 12.8. The summed E-state index contributed by atoms with van der Waals surface area (Å²) in [6.07, 6.45) is 0.816. The minimum absolute atomic E-state index is 0.0262. The van der Waals surface area contributed by atoms with Gasteiger partial charge in [0.15, 0.2) is 0 Å². The van der Waals surface area contributed by atoms with E-state index in [1.165, 1.54) is 12.1 Å². The van der Waals surface area contributed by atoms with E-state index in [-0.39, 0.29) is 11.9 Å². The number of hydrogen-bond donors (Lipinski definition) is 1. The largest absolute Gasteiger partial charge is 0.418 e. The Labute approximate surface area is 132 Å². The molecule has 0 unspecified atom stereocenters. The van der Waals surface area contributed by atoms with Crippen LogP contribution in [0, 0.1) is 5.82 Å². The van der Waals surface area contributed by atoms with Gasteiger partial charge in [-0.1, -0.05) is 18.2 Å². The van der Waals surface area contributed by atoms with Crippen molar-refractivity contribution in [3.05, 3.63) is 59.0 Å². The van der Waals surface area contributed by atoms with E-state index in [4.69, 9.17) is 4.42 Å². The van der Waals surface area contributed by atoms with Crippen molar-refractivity contribution in [2.75, 3.05) is 6.54 Å². The van der Waals surface area contributed by atoms with E-state index in [9.17, 15) is 4.39 Å². The topological polar surface area (TPSA) is 51.0 Å². The van der Waals surface area contributed by atoms with Gasteiger partial charge in [0, 0.05) is 0 Å². The summed E-state index contributed by atoms with van der Waals surface area (Å²) in [7, 11) is 0. The van der Waals surface area contributed by atoms with Crippen molar-refractivity contribution in [1.29, 1.82) is 0 Å². The van der Waals surface area contributed by atoms with Crippen LogP contribution in [0.2, 0.25) is 0 Å². The Morgan fingerprint density at radius 3 is 2.77 bits per heavy atom. The first-order valence-electron chi connectivity index (χ1n) is 7.07. The molecule has 0 fully saturated rings. The number of thiophene rings is 1. The van der Waals surface area contributed by atoms with Crippen LogP contribution in [0.1, 0.15) is 24.4 Å². The third kappa shape index (κ3) is 3.58. The third-order valence-electron chi connectivity index (χ3n) is 3.32. The SMILES string of the molecule is C[C@H](NCCc1ccc(F)cc1)c1nnc(-c2cccs2)o1. The molecule has 3 aromatic rings. The van der Waals surface area contributed by atoms with E-state index in [2.05, 4.69) is 15.5 Å². The summed E-state index contributed by atoms with van der Waals surface area (Å²) in [6.45, 7) is 2.74. The van der Waals surface area contributed by atoms with E-state index < -0.39 is 0 Å². The Morgan fingerprint density at radius 2 is 2.05 bits per heavy atom. The van der Waals surface area contributed by atoms with E-state index in [1.54, 1.807) is 23.5 Å². The van der Waals surface area contributed by atoms with Gasteiger partial charge in [0.2, 0.25) is 5.89 Å². The summed E-state index contributed by atoms with van der Waals surface area (Å²) in [5.74, 6) is 0.914. The summed E-state index contributed by atoms with van der Waals surface area (Å²) in [6, 6.07) is 10.4. The van der Waals surface area contributed by atoms with Gasteiger partial charge in [-0.25, -0.2) is 4.39 Å². The lowest BCUT2D eigenvalue weighted by Gasteiger charge is -2.09. The van der Waals surface area contributed by atoms with Gasteiger partial charge in [-0.3, -0.25) is 0 Å². The second-order valence-electron chi connectivity index (χ2n) is 4.98. The van der Waals surface area contributed by atoms with Crippen LogP contribution in [-0.2, 0) is 6.42 Å². The molecule has 0 saturated heterocycles. The number of hydrogen-bond acceptors (Lipinski definition) is 5. The molecule has 2 heterocycles. The van der Waals surface area contributed by atoms with Crippen LogP contribution in [0.5, 0.6) is 0 Å². The number of nitrogens with one attached hydrogen (secondary N) is 1. The monoisotopic (exact) mass is 317 g/mol. The highest BCUT2D eigenvalue weighted by molar-refractivity contribution is 7.13. The molecule has 0 bridgehead atoms. The molecule has 1 atom stereocenters. The molecule has 0 aliphatic rings. The van der Waals surface area contributed by atoms with E-state index in [0.717, 1.165) is 23.4 Å². The molecule has 0 spiro atoms. The molecule has 3 rings (SSSR count). The smallest absolute Gasteiger partial charge is 0.257 e. The Bertz CT molecular complexity index is 709. The zero-order chi connectivity index (χ0) is 15.4. The minimum Gasteiger partial charge on any atom is -0.418 e. The van der Waals surface area contributed by atoms with Crippen molar-refractivity contribution in [3.63, 3.8) is 0 Å². The molecular formula is C16H16FN3OS. The van der Waals surface area contributed by atoms with Gasteiger partial charge in [0.05, 0.1) is 10.9 Å². The zero-order valence-electron chi connectivity index (χ0n) is 12.1. The van der Waals surface area contributed by atoms with Gasteiger partial charge >= 0.3 is 0 Å². The predicted molar refractivity (Wildman–Crippen MR) is 84.1 cm³/mol. The maximum Gasteiger partial charge on any atom is 0.257 e. The molecule has 22 heavy (non-hydrogen) atoms. The molecule has 6 heteroatoms. The summed E-state index contributed by atoms with van der Waals surface area (Å²) < 4.78 is 18.5. The van der Waals surface area contributed by atoms with E-state index in [1.807, 2.05) is 24.4 Å². The van der Waals surface area contributed by atoms with Crippen molar-refractivity contribution < 1.29 is 8.81 Å². The molecular weight excluding hydrogens is 301 g/mol. The summed E-state index contributed by atoms with van der Waals surface area (Å²) in [5, 5.41) is 13.5. The van der Waals surface area contributed by atoms with Gasteiger partial charge in [-0.15, -0.1) is 21.5 Å². The van der Waals surface area contributed by atoms with Crippen molar-refractivity contribution in [2.45, 2.75) is 19.4 Å². The average molecular weight is 317 g/mol. The van der Waals surface area contributed by atoms with Gasteiger partial charge in [-0.2, -0.15) is 0 Å². The molecule has 2 aromatic heterocycles. The number of benzene rings is 1. The van der Waals surface area contributed by atoms with Crippen molar-refractivity contribution in [1.82, 2.24) is 15.5 Å². The standard InChI is InChI=1S/C16H16FN3OS/c1-11(18-9-8-12-4-6-13(17)7-5-12)15-19-20-16(21-15)14-3-2-10-22-14/h2-7,10-11,18H,8-9H2,1H3/t11-/m0/s1. The van der Waals surface area contributed by atoms with Crippen LogP contribution in [-0.4, -0.2) is 16.7 Å². The number of rotatable bonds is 6. The van der Waals surface area contributed by atoms with Crippen molar-refractivity contribution in [2.24, 2.45) is 0 Å². The van der Waals surface area contributed by atoms with Crippen LogP contribution >= 0.6 is 11.3 Å². The molecule has 0 aliphatic carbocycles. The summed E-state index contributed by atoms with van der Waals surface area (Å²) >= 11 is 1.57. The first kappa shape index (κ1) is 14.9. The first-order valence-corrected chi connectivity index (χ1v) is 7.95. The molecule has 1 aromatic carbocycles. The van der Waals surface area contributed by atoms with Crippen LogP contribution in [0.25, 0.3) is 10.8 Å². The highest BCUT2D eigenvalue weighted by atomic mass is 32.1. The molecule has 4 nitrogen and oxygen atoms in total. The second-order valence-corrected chi connectivity index (χ2v) is 5.92. The molecule has 0 saturated carbocycles. The van der Waals surface area contributed by atoms with Gasteiger partial charge in [0.1, 0.15) is 5.82 Å². The molecule has 0 amide bonds. The van der Waals surface area contributed by atoms with Crippen molar-refractivity contribution in [3.8, 4) is 10.8 Å². The molecule has 1 N–H and O–H groups in total. The number of aromatic nitrogens is 2. The second kappa shape index (κ2) is 6.81. The van der Waals surface area contributed by atoms with Crippen molar-refractivity contribution >= 4 is 11.3 Å². The Hall–Kier alpha value is -2.05. The third-order valence-corrected chi connectivity index (χ3v) is 4.18. The Balaban J connectivity index is 1.53. The lowest BCUT2D eigenvalue weighted by molar-refractivity contribution is 0.425. The van der Waals surface area contributed by atoms with Crippen LogP contribution in [0.3, 0.4) is 0 Å². The predicted octanol–water partition coefficient (Wildman–Crippen LogP) is 3.83. The fourth-order valence-corrected chi connectivity index (χ4v) is 2.72. The number of nitrogens with zero attached hydrogens (tertiary/aromatic N) is 2. The molecule has 0 aliphatic heterocycles.